The molecule has 1 aliphatic rings. The maximum atomic E-state index is 12.8. The minimum Gasteiger partial charge on any atom is -0.373 e. The van der Waals surface area contributed by atoms with Crippen molar-refractivity contribution in [2.45, 2.75) is 31.0 Å². The van der Waals surface area contributed by atoms with E-state index in [2.05, 4.69) is 11.8 Å². The molecule has 6 heteroatoms. The van der Waals surface area contributed by atoms with Crippen LogP contribution in [-0.2, 0) is 14.8 Å². The van der Waals surface area contributed by atoms with Gasteiger partial charge in [0.2, 0.25) is 10.0 Å². The largest absolute Gasteiger partial charge is 0.373 e. The quantitative estimate of drug-likeness (QED) is 0.820. The van der Waals surface area contributed by atoms with Gasteiger partial charge in [-0.15, -0.1) is 0 Å². The summed E-state index contributed by atoms with van der Waals surface area (Å²) in [4.78, 5) is 0.229. The van der Waals surface area contributed by atoms with Crippen LogP contribution in [0.4, 0.5) is 0 Å². The SMILES string of the molecule is C[C@@H]1CN(S(=O)(=O)c2ccccc2C#CCN)C[C@H](C)O1. The molecule has 0 aliphatic carbocycles. The fourth-order valence-electron chi connectivity index (χ4n) is 2.41. The van der Waals surface area contributed by atoms with Crippen molar-refractivity contribution in [3.05, 3.63) is 29.8 Å². The third kappa shape index (κ3) is 3.63. The van der Waals surface area contributed by atoms with Gasteiger partial charge in [-0.2, -0.15) is 4.31 Å². The van der Waals surface area contributed by atoms with Gasteiger partial charge in [0.1, 0.15) is 0 Å². The Hall–Kier alpha value is -1.39. The standard InChI is InChI=1S/C15H20N2O3S/c1-12-10-17(11-13(2)20-12)21(18,19)15-8-4-3-6-14(15)7-5-9-16/h3-4,6,8,12-13H,9-11,16H2,1-2H3/t12-,13+. The molecule has 21 heavy (non-hydrogen) atoms. The molecule has 2 rings (SSSR count). The van der Waals surface area contributed by atoms with Gasteiger partial charge in [-0.25, -0.2) is 8.42 Å². The first-order valence-corrected chi connectivity index (χ1v) is 8.32. The molecule has 0 saturated carbocycles. The van der Waals surface area contributed by atoms with Crippen molar-refractivity contribution in [1.82, 2.24) is 4.31 Å². The van der Waals surface area contributed by atoms with Crippen molar-refractivity contribution in [1.29, 1.82) is 0 Å². The van der Waals surface area contributed by atoms with Gasteiger partial charge in [-0.1, -0.05) is 24.0 Å². The molecule has 0 amide bonds. The Kier molecular flexibility index (Phi) is 5.01. The summed E-state index contributed by atoms with van der Waals surface area (Å²) < 4.78 is 32.7. The maximum absolute atomic E-state index is 12.8. The molecular formula is C15H20N2O3S. The summed E-state index contributed by atoms with van der Waals surface area (Å²) >= 11 is 0. The molecule has 0 radical (unpaired) electrons. The van der Waals surface area contributed by atoms with E-state index in [1.807, 2.05) is 13.8 Å². The molecule has 2 atom stereocenters. The lowest BCUT2D eigenvalue weighted by Crippen LogP contribution is -2.48. The monoisotopic (exact) mass is 308 g/mol. The molecule has 1 saturated heterocycles. The molecule has 0 bridgehead atoms. The number of ether oxygens (including phenoxy) is 1. The molecule has 0 unspecified atom stereocenters. The van der Waals surface area contributed by atoms with Crippen molar-refractivity contribution in [2.24, 2.45) is 5.73 Å². The number of morpholine rings is 1. The van der Waals surface area contributed by atoms with E-state index in [0.717, 1.165) is 0 Å². The first-order chi connectivity index (χ1) is 9.95. The fraction of sp³-hybridized carbons (Fsp3) is 0.467. The Labute approximate surface area is 126 Å². The Balaban J connectivity index is 2.40. The number of nitrogens with zero attached hydrogens (tertiary/aromatic N) is 1. The van der Waals surface area contributed by atoms with Gasteiger partial charge in [0.05, 0.1) is 23.6 Å². The molecule has 1 fully saturated rings. The molecule has 5 nitrogen and oxygen atoms in total. The highest BCUT2D eigenvalue weighted by Gasteiger charge is 2.33. The predicted molar refractivity (Wildman–Crippen MR) is 81.1 cm³/mol. The summed E-state index contributed by atoms with van der Waals surface area (Å²) in [7, 11) is -3.58. The third-order valence-electron chi connectivity index (χ3n) is 3.22. The molecule has 1 heterocycles. The van der Waals surface area contributed by atoms with Gasteiger partial charge in [-0.05, 0) is 26.0 Å². The van der Waals surface area contributed by atoms with Crippen LogP contribution in [0.25, 0.3) is 0 Å². The first-order valence-electron chi connectivity index (χ1n) is 6.88. The van der Waals surface area contributed by atoms with Gasteiger partial charge in [0.15, 0.2) is 0 Å². The summed E-state index contributed by atoms with van der Waals surface area (Å²) in [6.07, 6.45) is -0.239. The number of hydrogen-bond acceptors (Lipinski definition) is 4. The minimum atomic E-state index is -3.58. The number of benzene rings is 1. The lowest BCUT2D eigenvalue weighted by atomic mass is 10.2. The summed E-state index contributed by atoms with van der Waals surface area (Å²) in [5.41, 5.74) is 5.85. The minimum absolute atomic E-state index is 0.120. The van der Waals surface area contributed by atoms with Crippen molar-refractivity contribution in [2.75, 3.05) is 19.6 Å². The normalized spacial score (nSPS) is 23.4. The second kappa shape index (κ2) is 6.58. The zero-order valence-electron chi connectivity index (χ0n) is 12.2. The lowest BCUT2D eigenvalue weighted by molar-refractivity contribution is -0.0440. The Morgan fingerprint density at radius 2 is 1.90 bits per heavy atom. The number of hydrogen-bond donors (Lipinski definition) is 1. The van der Waals surface area contributed by atoms with E-state index in [1.54, 1.807) is 24.3 Å². The average molecular weight is 308 g/mol. The van der Waals surface area contributed by atoms with E-state index < -0.39 is 10.0 Å². The highest BCUT2D eigenvalue weighted by Crippen LogP contribution is 2.23. The maximum Gasteiger partial charge on any atom is 0.244 e. The Morgan fingerprint density at radius 1 is 1.29 bits per heavy atom. The van der Waals surface area contributed by atoms with E-state index in [1.165, 1.54) is 4.31 Å². The van der Waals surface area contributed by atoms with Crippen LogP contribution in [-0.4, -0.2) is 44.6 Å². The molecular weight excluding hydrogens is 288 g/mol. The zero-order valence-corrected chi connectivity index (χ0v) is 13.1. The molecule has 0 aromatic heterocycles. The van der Waals surface area contributed by atoms with E-state index in [-0.39, 0.29) is 23.6 Å². The van der Waals surface area contributed by atoms with Crippen molar-refractivity contribution < 1.29 is 13.2 Å². The van der Waals surface area contributed by atoms with Gasteiger partial charge in [-0.3, -0.25) is 0 Å². The van der Waals surface area contributed by atoms with E-state index >= 15 is 0 Å². The van der Waals surface area contributed by atoms with Crippen LogP contribution >= 0.6 is 0 Å². The fourth-order valence-corrected chi connectivity index (χ4v) is 4.15. The molecule has 114 valence electrons. The van der Waals surface area contributed by atoms with Crippen LogP contribution in [0.5, 0.6) is 0 Å². The van der Waals surface area contributed by atoms with Crippen LogP contribution in [0, 0.1) is 11.8 Å². The summed E-state index contributed by atoms with van der Waals surface area (Å²) in [5.74, 6) is 5.54. The number of sulfonamides is 1. The average Bonchev–Trinajstić information content (AvgIpc) is 2.44. The van der Waals surface area contributed by atoms with Gasteiger partial charge >= 0.3 is 0 Å². The third-order valence-corrected chi connectivity index (χ3v) is 5.11. The van der Waals surface area contributed by atoms with Crippen molar-refractivity contribution in [3.63, 3.8) is 0 Å². The van der Waals surface area contributed by atoms with Crippen LogP contribution in [0.2, 0.25) is 0 Å². The highest BCUT2D eigenvalue weighted by atomic mass is 32.2. The van der Waals surface area contributed by atoms with Crippen LogP contribution in [0.15, 0.2) is 29.2 Å². The topological polar surface area (TPSA) is 72.6 Å². The zero-order chi connectivity index (χ0) is 15.5. The van der Waals surface area contributed by atoms with Gasteiger partial charge in [0, 0.05) is 18.7 Å². The van der Waals surface area contributed by atoms with Crippen LogP contribution < -0.4 is 5.73 Å². The number of rotatable bonds is 2. The lowest BCUT2D eigenvalue weighted by Gasteiger charge is -2.34. The predicted octanol–water partition coefficient (Wildman–Crippen LogP) is 0.795. The molecule has 1 aromatic rings. The van der Waals surface area contributed by atoms with Crippen molar-refractivity contribution >= 4 is 10.0 Å². The Morgan fingerprint density at radius 3 is 2.52 bits per heavy atom. The highest BCUT2D eigenvalue weighted by molar-refractivity contribution is 7.89. The first kappa shape index (κ1) is 16.0. The molecule has 1 aliphatic heterocycles. The van der Waals surface area contributed by atoms with Crippen LogP contribution in [0.3, 0.4) is 0 Å². The molecule has 1 aromatic carbocycles. The van der Waals surface area contributed by atoms with E-state index in [9.17, 15) is 8.42 Å². The van der Waals surface area contributed by atoms with Crippen molar-refractivity contribution in [3.8, 4) is 11.8 Å². The molecule has 0 spiro atoms. The van der Waals surface area contributed by atoms with Gasteiger partial charge < -0.3 is 10.5 Å². The van der Waals surface area contributed by atoms with Crippen LogP contribution in [0.1, 0.15) is 19.4 Å². The van der Waals surface area contributed by atoms with E-state index in [0.29, 0.717) is 18.7 Å². The van der Waals surface area contributed by atoms with E-state index in [4.69, 9.17) is 10.5 Å². The second-order valence-corrected chi connectivity index (χ2v) is 6.99. The summed E-state index contributed by atoms with van der Waals surface area (Å²) in [5, 5.41) is 0. The summed E-state index contributed by atoms with van der Waals surface area (Å²) in [6, 6.07) is 6.75. The number of nitrogens with two attached hydrogens (primary N) is 1. The second-order valence-electron chi connectivity index (χ2n) is 5.08. The smallest absolute Gasteiger partial charge is 0.244 e. The molecule has 2 N–H and O–H groups in total. The Bertz CT molecular complexity index is 651. The van der Waals surface area contributed by atoms with Gasteiger partial charge in [0.25, 0.3) is 0 Å². The summed E-state index contributed by atoms with van der Waals surface area (Å²) in [6.45, 7) is 4.65.